The molecule has 0 radical (unpaired) electrons. The Hall–Kier alpha value is -2.12. The van der Waals surface area contributed by atoms with Crippen LogP contribution in [0.4, 0.5) is 4.79 Å². The number of methoxy groups -OCH3 is 1. The van der Waals surface area contributed by atoms with Crippen molar-refractivity contribution in [3.8, 4) is 0 Å². The fourth-order valence-corrected chi connectivity index (χ4v) is 5.05. The Bertz CT molecular complexity index is 779. The van der Waals surface area contributed by atoms with Gasteiger partial charge in [0.05, 0.1) is 13.7 Å². The van der Waals surface area contributed by atoms with E-state index >= 15 is 0 Å². The summed E-state index contributed by atoms with van der Waals surface area (Å²) >= 11 is 0. The maximum Gasteiger partial charge on any atom is 0.410 e. The normalized spacial score (nSPS) is 25.0. The Morgan fingerprint density at radius 3 is 2.48 bits per heavy atom. The number of carbonyl (C=O) groups excluding carboxylic acids is 2. The van der Waals surface area contributed by atoms with E-state index in [9.17, 15) is 9.59 Å². The Morgan fingerprint density at radius 2 is 1.85 bits per heavy atom. The molecule has 7 heteroatoms. The van der Waals surface area contributed by atoms with Crippen LogP contribution in [0.15, 0.2) is 30.3 Å². The molecule has 2 saturated heterocycles. The summed E-state index contributed by atoms with van der Waals surface area (Å²) in [6.07, 6.45) is 2.87. The van der Waals surface area contributed by atoms with Crippen molar-refractivity contribution >= 4 is 12.1 Å². The molecule has 0 saturated carbocycles. The molecule has 2 heterocycles. The third kappa shape index (κ3) is 7.18. The van der Waals surface area contributed by atoms with E-state index in [0.29, 0.717) is 38.1 Å². The first kappa shape index (κ1) is 25.5. The molecule has 0 N–H and O–H groups in total. The Morgan fingerprint density at radius 1 is 1.12 bits per heavy atom. The molecule has 0 spiro atoms. The van der Waals surface area contributed by atoms with Gasteiger partial charge in [-0.3, -0.25) is 4.90 Å². The molecule has 4 atom stereocenters. The van der Waals surface area contributed by atoms with Crippen LogP contribution in [0.3, 0.4) is 0 Å². The number of rotatable bonds is 7. The van der Waals surface area contributed by atoms with Crippen LogP contribution in [-0.2, 0) is 25.6 Å². The number of likely N-dealkylation sites (tertiary alicyclic amines) is 2. The predicted molar refractivity (Wildman–Crippen MR) is 127 cm³/mol. The molecule has 1 amide bonds. The van der Waals surface area contributed by atoms with Gasteiger partial charge in [0.15, 0.2) is 6.10 Å². The summed E-state index contributed by atoms with van der Waals surface area (Å²) in [6, 6.07) is 10.5. The SMILES string of the molecule is COC(=O)C(C[C@@H]1CCCN1C1CCN(C(=O)OC(C)(C)C)CC1C)OCc1ccccc1. The Balaban J connectivity index is 1.59. The van der Waals surface area contributed by atoms with E-state index in [2.05, 4.69) is 11.8 Å². The van der Waals surface area contributed by atoms with E-state index in [-0.39, 0.29) is 18.1 Å². The first-order chi connectivity index (χ1) is 15.7. The van der Waals surface area contributed by atoms with Gasteiger partial charge in [-0.2, -0.15) is 0 Å². The lowest BCUT2D eigenvalue weighted by Gasteiger charge is -2.44. The second-order valence-corrected chi connectivity index (χ2v) is 10.3. The standard InChI is InChI=1S/C26H40N2O5/c1-19-17-27(25(30)33-26(2,3)4)15-13-22(19)28-14-9-12-21(28)16-23(24(29)31-5)32-18-20-10-7-6-8-11-20/h6-8,10-11,19,21-23H,9,12-18H2,1-5H3/t19?,21-,22?,23?/m0/s1. The van der Waals surface area contributed by atoms with Crippen LogP contribution in [0.1, 0.15) is 58.9 Å². The first-order valence-corrected chi connectivity index (χ1v) is 12.1. The van der Waals surface area contributed by atoms with Crippen molar-refractivity contribution in [2.24, 2.45) is 5.92 Å². The first-order valence-electron chi connectivity index (χ1n) is 12.1. The van der Waals surface area contributed by atoms with Gasteiger partial charge < -0.3 is 19.1 Å². The smallest absolute Gasteiger partial charge is 0.410 e. The summed E-state index contributed by atoms with van der Waals surface area (Å²) in [5.74, 6) is 0.0132. The highest BCUT2D eigenvalue weighted by molar-refractivity contribution is 5.74. The number of amides is 1. The average molecular weight is 461 g/mol. The van der Waals surface area contributed by atoms with E-state index < -0.39 is 11.7 Å². The van der Waals surface area contributed by atoms with Crippen molar-refractivity contribution in [3.63, 3.8) is 0 Å². The molecule has 0 aliphatic carbocycles. The number of ether oxygens (including phenoxy) is 3. The molecule has 0 aromatic heterocycles. The highest BCUT2D eigenvalue weighted by Gasteiger charge is 2.40. The lowest BCUT2D eigenvalue weighted by atomic mass is 9.91. The summed E-state index contributed by atoms with van der Waals surface area (Å²) in [4.78, 5) is 29.4. The molecule has 7 nitrogen and oxygen atoms in total. The fraction of sp³-hybridized carbons (Fsp3) is 0.692. The lowest BCUT2D eigenvalue weighted by molar-refractivity contribution is -0.156. The van der Waals surface area contributed by atoms with E-state index in [1.807, 2.05) is 56.0 Å². The van der Waals surface area contributed by atoms with Gasteiger partial charge in [0.2, 0.25) is 0 Å². The van der Waals surface area contributed by atoms with Crippen LogP contribution in [0.25, 0.3) is 0 Å². The minimum Gasteiger partial charge on any atom is -0.467 e. The summed E-state index contributed by atoms with van der Waals surface area (Å²) in [5.41, 5.74) is 0.553. The maximum atomic E-state index is 12.5. The number of piperidine rings is 1. The summed E-state index contributed by atoms with van der Waals surface area (Å²) in [5, 5.41) is 0. The number of nitrogens with zero attached hydrogens (tertiary/aromatic N) is 2. The highest BCUT2D eigenvalue weighted by atomic mass is 16.6. The molecule has 2 aliphatic heterocycles. The summed E-state index contributed by atoms with van der Waals surface area (Å²) in [7, 11) is 1.42. The van der Waals surface area contributed by atoms with Gasteiger partial charge in [0, 0.05) is 25.2 Å². The largest absolute Gasteiger partial charge is 0.467 e. The Labute approximate surface area is 198 Å². The predicted octanol–water partition coefficient (Wildman–Crippen LogP) is 4.24. The van der Waals surface area contributed by atoms with Gasteiger partial charge in [-0.1, -0.05) is 37.3 Å². The van der Waals surface area contributed by atoms with Crippen LogP contribution >= 0.6 is 0 Å². The van der Waals surface area contributed by atoms with Gasteiger partial charge in [0.1, 0.15) is 5.60 Å². The van der Waals surface area contributed by atoms with Crippen LogP contribution < -0.4 is 0 Å². The number of esters is 1. The van der Waals surface area contributed by atoms with Crippen LogP contribution in [-0.4, -0.2) is 72.4 Å². The van der Waals surface area contributed by atoms with Crippen molar-refractivity contribution < 1.29 is 23.8 Å². The third-order valence-corrected chi connectivity index (χ3v) is 6.60. The van der Waals surface area contributed by atoms with Gasteiger partial charge in [-0.25, -0.2) is 9.59 Å². The van der Waals surface area contributed by atoms with Gasteiger partial charge in [0.25, 0.3) is 0 Å². The Kier molecular flexibility index (Phi) is 8.76. The minimum atomic E-state index is -0.585. The minimum absolute atomic E-state index is 0.231. The van der Waals surface area contributed by atoms with Crippen LogP contribution in [0.2, 0.25) is 0 Å². The fourth-order valence-electron chi connectivity index (χ4n) is 5.05. The van der Waals surface area contributed by atoms with Crippen molar-refractivity contribution in [2.45, 2.75) is 83.8 Å². The van der Waals surface area contributed by atoms with Crippen LogP contribution in [0.5, 0.6) is 0 Å². The molecular formula is C26H40N2O5. The van der Waals surface area contributed by atoms with Crippen molar-refractivity contribution in [3.05, 3.63) is 35.9 Å². The van der Waals surface area contributed by atoms with Crippen molar-refractivity contribution in [1.82, 2.24) is 9.80 Å². The molecule has 2 aliphatic rings. The zero-order chi connectivity index (χ0) is 24.0. The molecule has 0 bridgehead atoms. The number of carbonyl (C=O) groups is 2. The zero-order valence-electron chi connectivity index (χ0n) is 20.8. The van der Waals surface area contributed by atoms with Gasteiger partial charge in [-0.15, -0.1) is 0 Å². The molecule has 33 heavy (non-hydrogen) atoms. The monoisotopic (exact) mass is 460 g/mol. The zero-order valence-corrected chi connectivity index (χ0v) is 20.8. The molecule has 3 unspecified atom stereocenters. The highest BCUT2D eigenvalue weighted by Crippen LogP contribution is 2.32. The second-order valence-electron chi connectivity index (χ2n) is 10.3. The van der Waals surface area contributed by atoms with E-state index in [0.717, 1.165) is 31.4 Å². The van der Waals surface area contributed by atoms with Crippen molar-refractivity contribution in [2.75, 3.05) is 26.7 Å². The van der Waals surface area contributed by atoms with E-state index in [1.165, 1.54) is 7.11 Å². The number of benzene rings is 1. The molecule has 1 aromatic rings. The number of hydrogen-bond acceptors (Lipinski definition) is 6. The quantitative estimate of drug-likeness (QED) is 0.567. The number of hydrogen-bond donors (Lipinski definition) is 0. The van der Waals surface area contributed by atoms with Gasteiger partial charge >= 0.3 is 12.1 Å². The van der Waals surface area contributed by atoms with E-state index in [1.54, 1.807) is 0 Å². The van der Waals surface area contributed by atoms with Crippen molar-refractivity contribution in [1.29, 1.82) is 0 Å². The molecular weight excluding hydrogens is 420 g/mol. The molecule has 1 aromatic carbocycles. The third-order valence-electron chi connectivity index (χ3n) is 6.60. The molecule has 2 fully saturated rings. The van der Waals surface area contributed by atoms with Gasteiger partial charge in [-0.05, 0) is 64.5 Å². The van der Waals surface area contributed by atoms with Crippen LogP contribution in [0, 0.1) is 5.92 Å². The summed E-state index contributed by atoms with van der Waals surface area (Å²) in [6.45, 7) is 10.7. The lowest BCUT2D eigenvalue weighted by Crippen LogP contribution is -2.54. The van der Waals surface area contributed by atoms with E-state index in [4.69, 9.17) is 14.2 Å². The summed E-state index contributed by atoms with van der Waals surface area (Å²) < 4.78 is 16.6. The molecule has 184 valence electrons. The second kappa shape index (κ2) is 11.3. The maximum absolute atomic E-state index is 12.5. The average Bonchev–Trinajstić information content (AvgIpc) is 3.23. The molecule has 3 rings (SSSR count). The topological polar surface area (TPSA) is 68.3 Å².